The van der Waals surface area contributed by atoms with Crippen molar-refractivity contribution in [2.45, 2.75) is 31.8 Å². The van der Waals surface area contributed by atoms with Crippen LogP contribution in [0.4, 0.5) is 0 Å². The molecule has 94 valence electrons. The Balaban J connectivity index is 2.26. The molecule has 2 atom stereocenters. The van der Waals surface area contributed by atoms with E-state index < -0.39 is 5.60 Å². The lowest BCUT2D eigenvalue weighted by Gasteiger charge is -2.44. The van der Waals surface area contributed by atoms with Gasteiger partial charge in [-0.3, -0.25) is 0 Å². The smallest absolute Gasteiger partial charge is 0.0948 e. The Hall–Kier alpha value is -0.860. The molecule has 0 bridgehead atoms. The molecule has 17 heavy (non-hydrogen) atoms. The molecular weight excluding hydrogens is 210 g/mol. The predicted molar refractivity (Wildman–Crippen MR) is 70.9 cm³/mol. The van der Waals surface area contributed by atoms with Gasteiger partial charge in [-0.05, 0) is 25.5 Å². The summed E-state index contributed by atoms with van der Waals surface area (Å²) < 4.78 is 0. The molecule has 0 amide bonds. The van der Waals surface area contributed by atoms with Gasteiger partial charge in [0.2, 0.25) is 0 Å². The summed E-state index contributed by atoms with van der Waals surface area (Å²) in [4.78, 5) is 2.33. The van der Waals surface area contributed by atoms with Gasteiger partial charge >= 0.3 is 0 Å². The zero-order chi connectivity index (χ0) is 12.3. The van der Waals surface area contributed by atoms with E-state index in [-0.39, 0.29) is 0 Å². The van der Waals surface area contributed by atoms with E-state index in [1.807, 2.05) is 18.2 Å². The van der Waals surface area contributed by atoms with Crippen LogP contribution in [0.2, 0.25) is 0 Å². The average Bonchev–Trinajstić information content (AvgIpc) is 2.35. The van der Waals surface area contributed by atoms with Crippen LogP contribution in [0.5, 0.6) is 0 Å². The van der Waals surface area contributed by atoms with Gasteiger partial charge in [-0.15, -0.1) is 0 Å². The topological polar surface area (TPSA) is 23.5 Å². The summed E-state index contributed by atoms with van der Waals surface area (Å²) in [6.45, 7) is 4.17. The fourth-order valence-corrected chi connectivity index (χ4v) is 2.97. The van der Waals surface area contributed by atoms with Gasteiger partial charge in [0.25, 0.3) is 0 Å². The van der Waals surface area contributed by atoms with Gasteiger partial charge in [-0.1, -0.05) is 43.7 Å². The predicted octanol–water partition coefficient (Wildman–Crippen LogP) is 2.63. The van der Waals surface area contributed by atoms with Crippen molar-refractivity contribution in [1.82, 2.24) is 4.90 Å². The molecule has 1 aromatic carbocycles. The molecule has 1 aliphatic rings. The maximum absolute atomic E-state index is 11.0. The van der Waals surface area contributed by atoms with Crippen LogP contribution < -0.4 is 0 Å². The van der Waals surface area contributed by atoms with Gasteiger partial charge in [0.15, 0.2) is 0 Å². The van der Waals surface area contributed by atoms with Crippen molar-refractivity contribution in [2.75, 3.05) is 20.1 Å². The first-order valence-electron chi connectivity index (χ1n) is 6.63. The first-order valence-corrected chi connectivity index (χ1v) is 6.63. The number of likely N-dealkylation sites (tertiary alicyclic amines) is 1. The minimum atomic E-state index is -0.621. The van der Waals surface area contributed by atoms with Crippen molar-refractivity contribution >= 4 is 0 Å². The molecule has 1 saturated heterocycles. The fraction of sp³-hybridized carbons (Fsp3) is 0.600. The summed E-state index contributed by atoms with van der Waals surface area (Å²) in [7, 11) is 2.15. The number of hydrogen-bond acceptors (Lipinski definition) is 2. The van der Waals surface area contributed by atoms with E-state index >= 15 is 0 Å². The molecule has 1 aromatic rings. The lowest BCUT2D eigenvalue weighted by Crippen LogP contribution is -2.48. The van der Waals surface area contributed by atoms with Crippen LogP contribution >= 0.6 is 0 Å². The highest BCUT2D eigenvalue weighted by atomic mass is 16.3. The number of nitrogens with zero attached hydrogens (tertiary/aromatic N) is 1. The molecule has 0 unspecified atom stereocenters. The molecule has 0 aromatic heterocycles. The van der Waals surface area contributed by atoms with Crippen LogP contribution in [-0.2, 0) is 5.60 Å². The number of rotatable bonds is 3. The van der Waals surface area contributed by atoms with E-state index in [0.717, 1.165) is 37.9 Å². The largest absolute Gasteiger partial charge is 0.385 e. The molecule has 0 aliphatic carbocycles. The van der Waals surface area contributed by atoms with Crippen molar-refractivity contribution < 1.29 is 5.11 Å². The Labute approximate surface area is 104 Å². The summed E-state index contributed by atoms with van der Waals surface area (Å²) in [6.07, 6.45) is 3.07. The molecule has 2 rings (SSSR count). The van der Waals surface area contributed by atoms with Crippen molar-refractivity contribution in [3.05, 3.63) is 35.9 Å². The Kier molecular flexibility index (Phi) is 3.85. The Morgan fingerprint density at radius 2 is 2.06 bits per heavy atom. The van der Waals surface area contributed by atoms with E-state index in [2.05, 4.69) is 31.0 Å². The molecule has 0 radical (unpaired) electrons. The zero-order valence-electron chi connectivity index (χ0n) is 10.9. The van der Waals surface area contributed by atoms with E-state index in [4.69, 9.17) is 0 Å². The van der Waals surface area contributed by atoms with E-state index in [0.29, 0.717) is 5.92 Å². The third-order valence-corrected chi connectivity index (χ3v) is 3.99. The lowest BCUT2D eigenvalue weighted by atomic mass is 9.74. The highest BCUT2D eigenvalue weighted by Crippen LogP contribution is 2.39. The number of aliphatic hydroxyl groups is 1. The third kappa shape index (κ3) is 2.53. The summed E-state index contributed by atoms with van der Waals surface area (Å²) in [5.74, 6) is 0.355. The minimum absolute atomic E-state index is 0.355. The summed E-state index contributed by atoms with van der Waals surface area (Å²) >= 11 is 0. The summed E-state index contributed by atoms with van der Waals surface area (Å²) in [6, 6.07) is 10.2. The number of piperidine rings is 1. The molecule has 0 spiro atoms. The standard InChI is InChI=1S/C15H23NO/c1-3-7-14-12-16(2)11-10-15(14,17)13-8-5-4-6-9-13/h4-6,8-9,14,17H,3,7,10-12H2,1-2H3/t14-,15+/m1/s1. The maximum Gasteiger partial charge on any atom is 0.0948 e. The van der Waals surface area contributed by atoms with Crippen molar-refractivity contribution in [3.8, 4) is 0 Å². The molecule has 1 aliphatic heterocycles. The molecule has 2 heteroatoms. The third-order valence-electron chi connectivity index (χ3n) is 3.99. The average molecular weight is 233 g/mol. The molecular formula is C15H23NO. The molecule has 1 heterocycles. The van der Waals surface area contributed by atoms with Crippen LogP contribution in [0.1, 0.15) is 31.7 Å². The highest BCUT2D eigenvalue weighted by Gasteiger charge is 2.41. The van der Waals surface area contributed by atoms with Crippen LogP contribution in [-0.4, -0.2) is 30.1 Å². The first-order chi connectivity index (χ1) is 8.16. The Bertz CT molecular complexity index is 351. The quantitative estimate of drug-likeness (QED) is 0.867. The Morgan fingerprint density at radius 1 is 1.35 bits per heavy atom. The highest BCUT2D eigenvalue weighted by molar-refractivity contribution is 5.24. The van der Waals surface area contributed by atoms with Gasteiger partial charge in [0.1, 0.15) is 0 Å². The van der Waals surface area contributed by atoms with Gasteiger partial charge in [0, 0.05) is 19.0 Å². The second kappa shape index (κ2) is 5.19. The molecule has 1 fully saturated rings. The van der Waals surface area contributed by atoms with Crippen LogP contribution in [0.15, 0.2) is 30.3 Å². The molecule has 0 saturated carbocycles. The van der Waals surface area contributed by atoms with E-state index in [1.165, 1.54) is 0 Å². The SMILES string of the molecule is CCC[C@@H]1CN(C)CC[C@]1(O)c1ccccc1. The van der Waals surface area contributed by atoms with Gasteiger partial charge < -0.3 is 10.0 Å². The zero-order valence-corrected chi connectivity index (χ0v) is 10.9. The summed E-state index contributed by atoms with van der Waals surface area (Å²) in [5.41, 5.74) is 0.468. The number of hydrogen-bond donors (Lipinski definition) is 1. The second-order valence-corrected chi connectivity index (χ2v) is 5.29. The van der Waals surface area contributed by atoms with Crippen molar-refractivity contribution in [3.63, 3.8) is 0 Å². The van der Waals surface area contributed by atoms with Crippen LogP contribution in [0.25, 0.3) is 0 Å². The monoisotopic (exact) mass is 233 g/mol. The molecule has 2 nitrogen and oxygen atoms in total. The van der Waals surface area contributed by atoms with Crippen molar-refractivity contribution in [2.24, 2.45) is 5.92 Å². The first kappa shape index (κ1) is 12.6. The summed E-state index contributed by atoms with van der Waals surface area (Å²) in [5, 5.41) is 11.0. The second-order valence-electron chi connectivity index (χ2n) is 5.29. The number of benzene rings is 1. The minimum Gasteiger partial charge on any atom is -0.385 e. The van der Waals surface area contributed by atoms with E-state index in [1.54, 1.807) is 0 Å². The van der Waals surface area contributed by atoms with E-state index in [9.17, 15) is 5.11 Å². The fourth-order valence-electron chi connectivity index (χ4n) is 2.97. The van der Waals surface area contributed by atoms with Gasteiger partial charge in [0.05, 0.1) is 5.60 Å². The van der Waals surface area contributed by atoms with Crippen LogP contribution in [0.3, 0.4) is 0 Å². The van der Waals surface area contributed by atoms with Crippen molar-refractivity contribution in [1.29, 1.82) is 0 Å². The Morgan fingerprint density at radius 3 is 2.71 bits per heavy atom. The normalized spacial score (nSPS) is 30.4. The lowest BCUT2D eigenvalue weighted by molar-refractivity contribution is -0.0762. The molecule has 1 N–H and O–H groups in total. The van der Waals surface area contributed by atoms with Gasteiger partial charge in [-0.2, -0.15) is 0 Å². The van der Waals surface area contributed by atoms with Crippen LogP contribution in [0, 0.1) is 5.92 Å². The van der Waals surface area contributed by atoms with Gasteiger partial charge in [-0.25, -0.2) is 0 Å². The maximum atomic E-state index is 11.0.